The minimum absolute atomic E-state index is 0.0130. The number of nitrogens with one attached hydrogen (secondary N) is 8. The van der Waals surface area contributed by atoms with Gasteiger partial charge in [-0.25, -0.2) is 0 Å². The summed E-state index contributed by atoms with van der Waals surface area (Å²) in [7, 11) is 0. The Morgan fingerprint density at radius 1 is 0.704 bits per heavy atom. The number of carbonyl (C=O) groups is 12. The first-order valence-electron chi connectivity index (χ1n) is 22.8. The average molecular weight is 1020 g/mol. The number of aliphatic hydroxyl groups excluding tert-OH is 3. The van der Waals surface area contributed by atoms with Crippen molar-refractivity contribution >= 4 is 70.9 Å². The van der Waals surface area contributed by atoms with E-state index in [1.54, 1.807) is 13.8 Å². The molecule has 0 aliphatic carbocycles. The molecule has 2 saturated heterocycles. The van der Waals surface area contributed by atoms with E-state index in [2.05, 4.69) is 42.5 Å². The largest absolute Gasteiger partial charge is 0.481 e. The minimum Gasteiger partial charge on any atom is -0.481 e. The van der Waals surface area contributed by atoms with E-state index in [1.807, 2.05) is 0 Å². The molecule has 0 unspecified atom stereocenters. The molecular formula is C42H69N11O18. The molecule has 2 aliphatic heterocycles. The SMILES string of the molecule is CC(=O)N[C@H]1[C@@H](O[C@H](C)[C@H](NC(=O)[C@H](CCC(N)=O)NC(=O)[C@H](C)NC(=O)[C@H](CC(C)C)NC(=O)[C@H](CCC(=O)O)NC(C)=O)C(=O)NCC(=O)N2CCC[C@H]2C(=O)NCC(N)=O)O[C@H](CO)[C@H](O)[C@@H]1O. The summed E-state index contributed by atoms with van der Waals surface area (Å²) in [5.74, 6) is -11.1. The monoisotopic (exact) mass is 1020 g/mol. The van der Waals surface area contributed by atoms with Gasteiger partial charge >= 0.3 is 5.97 Å². The number of primary amides is 2. The topological polar surface area (TPSA) is 456 Å². The van der Waals surface area contributed by atoms with Gasteiger partial charge in [0.15, 0.2) is 6.29 Å². The van der Waals surface area contributed by atoms with E-state index in [4.69, 9.17) is 26.0 Å². The van der Waals surface area contributed by atoms with E-state index in [1.165, 1.54) is 13.8 Å². The molecule has 29 nitrogen and oxygen atoms in total. The summed E-state index contributed by atoms with van der Waals surface area (Å²) in [6, 6.07) is -10.2. The number of aliphatic hydroxyl groups is 3. The first-order valence-corrected chi connectivity index (χ1v) is 22.8. The fourth-order valence-electron chi connectivity index (χ4n) is 7.52. The Morgan fingerprint density at radius 3 is 1.86 bits per heavy atom. The normalized spacial score (nSPS) is 22.2. The van der Waals surface area contributed by atoms with Crippen LogP contribution in [0.15, 0.2) is 0 Å². The Balaban J connectivity index is 2.44. The van der Waals surface area contributed by atoms with Crippen LogP contribution in [-0.4, -0.2) is 196 Å². The highest BCUT2D eigenvalue weighted by Gasteiger charge is 2.47. The van der Waals surface area contributed by atoms with Crippen molar-refractivity contribution in [2.45, 2.75) is 159 Å². The number of nitrogens with zero attached hydrogens (tertiary/aromatic N) is 1. The van der Waals surface area contributed by atoms with Gasteiger partial charge in [0.25, 0.3) is 0 Å². The van der Waals surface area contributed by atoms with Gasteiger partial charge in [0.1, 0.15) is 60.6 Å². The molecule has 0 aromatic heterocycles. The number of ether oxygens (including phenoxy) is 2. The van der Waals surface area contributed by atoms with Crippen molar-refractivity contribution in [3.8, 4) is 0 Å². The van der Waals surface area contributed by atoms with E-state index < -0.39 is 183 Å². The number of hydrogen-bond donors (Lipinski definition) is 14. The van der Waals surface area contributed by atoms with Crippen molar-refractivity contribution in [1.82, 2.24) is 47.4 Å². The van der Waals surface area contributed by atoms with Crippen LogP contribution in [-0.2, 0) is 67.0 Å². The number of hydrogen-bond acceptors (Lipinski definition) is 17. The molecule has 71 heavy (non-hydrogen) atoms. The summed E-state index contributed by atoms with van der Waals surface area (Å²) in [6.45, 7) is 6.05. The van der Waals surface area contributed by atoms with Gasteiger partial charge in [0.05, 0.1) is 25.8 Å². The Hall–Kier alpha value is -6.56. The fourth-order valence-corrected chi connectivity index (χ4v) is 7.52. The van der Waals surface area contributed by atoms with Crippen molar-refractivity contribution in [1.29, 1.82) is 0 Å². The summed E-state index contributed by atoms with van der Waals surface area (Å²) < 4.78 is 11.6. The highest BCUT2D eigenvalue weighted by Crippen LogP contribution is 2.24. The molecule has 400 valence electrons. The first-order chi connectivity index (χ1) is 33.2. The summed E-state index contributed by atoms with van der Waals surface area (Å²) in [5, 5.41) is 59.4. The number of carboxylic acid groups (broad SMARTS) is 1. The molecular weight excluding hydrogens is 947 g/mol. The standard InChI is InChI=1S/C42H69N11O18/c1-18(2)14-25(51-37(65)23(48-21(5)55)10-12-31(60)61)39(67)47-19(3)36(64)50-24(9-11-28(43)57)38(66)52-32(20(4)70-42-33(49-22(6)56)35(63)34(62)27(17-54)71-42)41(69)46-16-30(59)53-13-7-8-26(53)40(68)45-15-29(44)58/h18-20,23-27,32-35,42,54,62-63H,7-17H2,1-6H3,(H2,43,57)(H2,44,58)(H,45,68)(H,46,69)(H,47,67)(H,48,55)(H,49,56)(H,50,64)(H,51,65)(H,52,66)(H,60,61)/t19-,20+,23-,24-,25-,26-,27+,32-,33+,34-,35+,42-/m0/s1. The van der Waals surface area contributed by atoms with Crippen molar-refractivity contribution in [2.75, 3.05) is 26.2 Å². The molecule has 2 rings (SSSR count). The third-order valence-electron chi connectivity index (χ3n) is 11.1. The Bertz CT molecular complexity index is 1960. The van der Waals surface area contributed by atoms with Crippen molar-refractivity contribution in [2.24, 2.45) is 17.4 Å². The molecule has 0 aromatic carbocycles. The Morgan fingerprint density at radius 2 is 1.30 bits per heavy atom. The van der Waals surface area contributed by atoms with Crippen LogP contribution in [0.3, 0.4) is 0 Å². The number of aliphatic carboxylic acids is 1. The van der Waals surface area contributed by atoms with Crippen LogP contribution in [0.1, 0.15) is 86.5 Å². The lowest BCUT2D eigenvalue weighted by molar-refractivity contribution is -0.281. The lowest BCUT2D eigenvalue weighted by Gasteiger charge is -2.43. The van der Waals surface area contributed by atoms with Crippen molar-refractivity contribution in [3.63, 3.8) is 0 Å². The number of amides is 11. The van der Waals surface area contributed by atoms with Crippen molar-refractivity contribution in [3.05, 3.63) is 0 Å². The lowest BCUT2D eigenvalue weighted by Crippen LogP contribution is -2.66. The van der Waals surface area contributed by atoms with Gasteiger partial charge in [-0.1, -0.05) is 13.8 Å². The van der Waals surface area contributed by atoms with E-state index >= 15 is 0 Å². The number of nitrogens with two attached hydrogens (primary N) is 2. The van der Waals surface area contributed by atoms with Gasteiger partial charge in [-0.2, -0.15) is 0 Å². The summed E-state index contributed by atoms with van der Waals surface area (Å²) in [6.07, 6.45) is -9.48. The maximum absolute atomic E-state index is 14.2. The van der Waals surface area contributed by atoms with Gasteiger partial charge in [-0.05, 0) is 51.9 Å². The average Bonchev–Trinajstić information content (AvgIpc) is 3.78. The second-order valence-electron chi connectivity index (χ2n) is 17.6. The van der Waals surface area contributed by atoms with Gasteiger partial charge in [0, 0.05) is 33.2 Å². The van der Waals surface area contributed by atoms with Crippen LogP contribution in [0.2, 0.25) is 0 Å². The maximum Gasteiger partial charge on any atom is 0.303 e. The number of likely N-dealkylation sites (tertiary alicyclic amines) is 1. The molecule has 0 aromatic rings. The third kappa shape index (κ3) is 20.0. The van der Waals surface area contributed by atoms with Gasteiger partial charge < -0.3 is 88.8 Å². The molecule has 0 radical (unpaired) electrons. The molecule has 0 saturated carbocycles. The minimum atomic E-state index is -1.87. The molecule has 12 atom stereocenters. The molecule has 2 aliphatic rings. The van der Waals surface area contributed by atoms with Crippen LogP contribution in [0, 0.1) is 5.92 Å². The van der Waals surface area contributed by atoms with Gasteiger partial charge in [0.2, 0.25) is 65.0 Å². The smallest absolute Gasteiger partial charge is 0.303 e. The molecule has 2 heterocycles. The zero-order valence-corrected chi connectivity index (χ0v) is 40.4. The first kappa shape index (κ1) is 60.6. The zero-order valence-electron chi connectivity index (χ0n) is 40.4. The van der Waals surface area contributed by atoms with Crippen LogP contribution >= 0.6 is 0 Å². The molecule has 16 N–H and O–H groups in total. The Kier molecular flexibility index (Phi) is 24.7. The number of rotatable bonds is 28. The van der Waals surface area contributed by atoms with E-state index in [-0.39, 0.29) is 31.7 Å². The fraction of sp³-hybridized carbons (Fsp3) is 0.714. The zero-order chi connectivity index (χ0) is 53.9. The van der Waals surface area contributed by atoms with E-state index in [0.717, 1.165) is 18.7 Å². The van der Waals surface area contributed by atoms with E-state index in [0.29, 0.717) is 6.42 Å². The molecule has 11 amide bonds. The van der Waals surface area contributed by atoms with E-state index in [9.17, 15) is 72.9 Å². The summed E-state index contributed by atoms with van der Waals surface area (Å²) in [5.41, 5.74) is 10.5. The predicted molar refractivity (Wildman–Crippen MR) is 242 cm³/mol. The van der Waals surface area contributed by atoms with Gasteiger partial charge in [-0.3, -0.25) is 57.5 Å². The summed E-state index contributed by atoms with van der Waals surface area (Å²) in [4.78, 5) is 154. The van der Waals surface area contributed by atoms with Crippen LogP contribution in [0.25, 0.3) is 0 Å². The molecule has 2 fully saturated rings. The summed E-state index contributed by atoms with van der Waals surface area (Å²) >= 11 is 0. The van der Waals surface area contributed by atoms with Crippen LogP contribution in [0.5, 0.6) is 0 Å². The molecule has 0 bridgehead atoms. The van der Waals surface area contributed by atoms with Gasteiger partial charge in [-0.15, -0.1) is 0 Å². The van der Waals surface area contributed by atoms with Crippen LogP contribution < -0.4 is 54.0 Å². The number of carbonyl (C=O) groups excluding carboxylic acids is 11. The highest BCUT2D eigenvalue weighted by molar-refractivity contribution is 5.97. The quantitative estimate of drug-likeness (QED) is 0.0346. The highest BCUT2D eigenvalue weighted by atomic mass is 16.7. The predicted octanol–water partition coefficient (Wildman–Crippen LogP) is -7.32. The third-order valence-corrected chi connectivity index (χ3v) is 11.1. The lowest BCUT2D eigenvalue weighted by atomic mass is 9.96. The second-order valence-corrected chi connectivity index (χ2v) is 17.6. The second kappa shape index (κ2) is 28.9. The number of carboxylic acids is 1. The Labute approximate surface area is 408 Å². The maximum atomic E-state index is 14.2. The molecule has 0 spiro atoms. The van der Waals surface area contributed by atoms with Crippen molar-refractivity contribution < 1.29 is 87.4 Å². The molecule has 29 heteroatoms. The van der Waals surface area contributed by atoms with Crippen LogP contribution in [0.4, 0.5) is 0 Å².